The zero-order chi connectivity index (χ0) is 15.3. The van der Waals surface area contributed by atoms with E-state index in [2.05, 4.69) is 11.4 Å². The normalized spacial score (nSPS) is 12.8. The number of rotatable bonds is 6. The number of carboxylic acids is 1. The number of aliphatic carboxylic acids is 1. The quantitative estimate of drug-likeness (QED) is 0.792. The molecule has 5 heteroatoms. The van der Waals surface area contributed by atoms with E-state index < -0.39 is 17.4 Å². The molecule has 20 heavy (non-hydrogen) atoms. The summed E-state index contributed by atoms with van der Waals surface area (Å²) in [6, 6.07) is 7.21. The maximum absolute atomic E-state index is 12.1. The molecule has 0 fully saturated rings. The van der Waals surface area contributed by atoms with Gasteiger partial charge >= 0.3 is 5.97 Å². The summed E-state index contributed by atoms with van der Waals surface area (Å²) >= 11 is 1.60. The smallest absolute Gasteiger partial charge is 0.325 e. The van der Waals surface area contributed by atoms with Crippen LogP contribution < -0.4 is 5.32 Å². The molecule has 0 saturated heterocycles. The van der Waals surface area contributed by atoms with Crippen LogP contribution in [0.3, 0.4) is 0 Å². The van der Waals surface area contributed by atoms with Crippen LogP contribution in [0.1, 0.15) is 26.3 Å². The van der Waals surface area contributed by atoms with Gasteiger partial charge in [0.2, 0.25) is 5.91 Å². The van der Waals surface area contributed by atoms with Gasteiger partial charge in [-0.2, -0.15) is 0 Å². The SMILES string of the molecule is Cc1cccc(SCC(C)(C)C(=O)NC(C)C(=O)O)c1. The second-order valence-corrected chi connectivity index (χ2v) is 6.57. The minimum Gasteiger partial charge on any atom is -0.480 e. The van der Waals surface area contributed by atoms with Gasteiger partial charge in [0.15, 0.2) is 0 Å². The van der Waals surface area contributed by atoms with Crippen molar-refractivity contribution >= 4 is 23.6 Å². The number of carbonyl (C=O) groups excluding carboxylic acids is 1. The van der Waals surface area contributed by atoms with Crippen LogP contribution in [0, 0.1) is 12.3 Å². The van der Waals surface area contributed by atoms with Crippen LogP contribution in [0.2, 0.25) is 0 Å². The van der Waals surface area contributed by atoms with E-state index in [1.807, 2.05) is 39.0 Å². The molecule has 2 N–H and O–H groups in total. The first-order valence-corrected chi connectivity index (χ1v) is 7.44. The fourth-order valence-electron chi connectivity index (χ4n) is 1.49. The monoisotopic (exact) mass is 295 g/mol. The van der Waals surface area contributed by atoms with E-state index >= 15 is 0 Å². The Balaban J connectivity index is 2.60. The lowest BCUT2D eigenvalue weighted by molar-refractivity contribution is -0.142. The third kappa shape index (κ3) is 4.89. The Labute approximate surface area is 124 Å². The third-order valence-corrected chi connectivity index (χ3v) is 4.38. The fraction of sp³-hybridized carbons (Fsp3) is 0.467. The van der Waals surface area contributed by atoms with Gasteiger partial charge < -0.3 is 10.4 Å². The maximum atomic E-state index is 12.1. The van der Waals surface area contributed by atoms with Crippen molar-refractivity contribution in [1.29, 1.82) is 0 Å². The summed E-state index contributed by atoms with van der Waals surface area (Å²) in [7, 11) is 0. The van der Waals surface area contributed by atoms with Crippen LogP contribution >= 0.6 is 11.8 Å². The molecule has 4 nitrogen and oxygen atoms in total. The summed E-state index contributed by atoms with van der Waals surface area (Å²) in [5, 5.41) is 11.3. The number of thioether (sulfide) groups is 1. The molecule has 1 unspecified atom stereocenters. The number of aryl methyl sites for hydroxylation is 1. The van der Waals surface area contributed by atoms with Gasteiger partial charge in [0, 0.05) is 10.6 Å². The molecule has 0 aliphatic heterocycles. The van der Waals surface area contributed by atoms with Gasteiger partial charge in [0.05, 0.1) is 5.41 Å². The number of hydrogen-bond donors (Lipinski definition) is 2. The van der Waals surface area contributed by atoms with E-state index in [1.54, 1.807) is 11.8 Å². The predicted molar refractivity (Wildman–Crippen MR) is 80.9 cm³/mol. The molecule has 0 heterocycles. The summed E-state index contributed by atoms with van der Waals surface area (Å²) in [6.45, 7) is 7.12. The Hall–Kier alpha value is -1.49. The molecule has 0 spiro atoms. The molecule has 0 radical (unpaired) electrons. The van der Waals surface area contributed by atoms with Crippen molar-refractivity contribution in [2.75, 3.05) is 5.75 Å². The van der Waals surface area contributed by atoms with E-state index in [0.29, 0.717) is 5.75 Å². The van der Waals surface area contributed by atoms with Crippen molar-refractivity contribution < 1.29 is 14.7 Å². The molecule has 1 amide bonds. The number of nitrogens with one attached hydrogen (secondary N) is 1. The minimum atomic E-state index is -1.03. The number of amides is 1. The number of carboxylic acid groups (broad SMARTS) is 1. The summed E-state index contributed by atoms with van der Waals surface area (Å²) < 4.78 is 0. The highest BCUT2D eigenvalue weighted by Gasteiger charge is 2.30. The lowest BCUT2D eigenvalue weighted by Crippen LogP contribution is -2.46. The standard InChI is InChI=1S/C15H21NO3S/c1-10-6-5-7-12(8-10)20-9-15(3,4)14(19)16-11(2)13(17)18/h5-8,11H,9H2,1-4H3,(H,16,19)(H,17,18). The first kappa shape index (κ1) is 16.6. The number of hydrogen-bond acceptors (Lipinski definition) is 3. The maximum Gasteiger partial charge on any atom is 0.325 e. The molecule has 0 aromatic heterocycles. The highest BCUT2D eigenvalue weighted by atomic mass is 32.2. The highest BCUT2D eigenvalue weighted by Crippen LogP contribution is 2.28. The van der Waals surface area contributed by atoms with Crippen LogP contribution in [-0.4, -0.2) is 28.8 Å². The summed E-state index contributed by atoms with van der Waals surface area (Å²) in [4.78, 5) is 23.9. The average molecular weight is 295 g/mol. The zero-order valence-electron chi connectivity index (χ0n) is 12.3. The fourth-order valence-corrected chi connectivity index (χ4v) is 2.59. The second kappa shape index (κ2) is 6.79. The molecular weight excluding hydrogens is 274 g/mol. The topological polar surface area (TPSA) is 66.4 Å². The Morgan fingerprint density at radius 3 is 2.60 bits per heavy atom. The average Bonchev–Trinajstić information content (AvgIpc) is 2.36. The third-order valence-electron chi connectivity index (χ3n) is 2.92. The van der Waals surface area contributed by atoms with Crippen molar-refractivity contribution in [1.82, 2.24) is 5.32 Å². The van der Waals surface area contributed by atoms with Crippen LogP contribution in [0.25, 0.3) is 0 Å². The molecule has 1 aromatic rings. The molecule has 0 aliphatic rings. The highest BCUT2D eigenvalue weighted by molar-refractivity contribution is 7.99. The van der Waals surface area contributed by atoms with Crippen LogP contribution in [-0.2, 0) is 9.59 Å². The van der Waals surface area contributed by atoms with Crippen molar-refractivity contribution in [3.8, 4) is 0 Å². The van der Waals surface area contributed by atoms with Crippen LogP contribution in [0.15, 0.2) is 29.2 Å². The first-order valence-electron chi connectivity index (χ1n) is 6.45. The lowest BCUT2D eigenvalue weighted by atomic mass is 9.95. The number of carbonyl (C=O) groups is 2. The van der Waals surface area contributed by atoms with Gasteiger partial charge in [-0.25, -0.2) is 0 Å². The molecular formula is C15H21NO3S. The molecule has 110 valence electrons. The first-order chi connectivity index (χ1) is 9.22. The Kier molecular flexibility index (Phi) is 5.62. The Bertz CT molecular complexity index is 500. The largest absolute Gasteiger partial charge is 0.480 e. The molecule has 1 atom stereocenters. The molecule has 0 saturated carbocycles. The van der Waals surface area contributed by atoms with Gasteiger partial charge in [-0.3, -0.25) is 9.59 Å². The minimum absolute atomic E-state index is 0.243. The summed E-state index contributed by atoms with van der Waals surface area (Å²) in [5.74, 6) is -0.678. The molecule has 1 aromatic carbocycles. The van der Waals surface area contributed by atoms with Crippen molar-refractivity contribution in [2.45, 2.75) is 38.6 Å². The van der Waals surface area contributed by atoms with Crippen LogP contribution in [0.4, 0.5) is 0 Å². The lowest BCUT2D eigenvalue weighted by Gasteiger charge is -2.24. The summed E-state index contributed by atoms with van der Waals surface area (Å²) in [5.41, 5.74) is 0.551. The van der Waals surface area contributed by atoms with Gasteiger partial charge in [0.25, 0.3) is 0 Å². The van der Waals surface area contributed by atoms with Crippen LogP contribution in [0.5, 0.6) is 0 Å². The molecule has 1 rings (SSSR count). The second-order valence-electron chi connectivity index (χ2n) is 5.52. The van der Waals surface area contributed by atoms with E-state index in [-0.39, 0.29) is 5.91 Å². The van der Waals surface area contributed by atoms with Crippen molar-refractivity contribution in [3.05, 3.63) is 29.8 Å². The van der Waals surface area contributed by atoms with Gasteiger partial charge in [-0.1, -0.05) is 31.5 Å². The zero-order valence-corrected chi connectivity index (χ0v) is 13.1. The van der Waals surface area contributed by atoms with E-state index in [1.165, 1.54) is 12.5 Å². The Morgan fingerprint density at radius 2 is 2.05 bits per heavy atom. The van der Waals surface area contributed by atoms with E-state index in [0.717, 1.165) is 4.90 Å². The van der Waals surface area contributed by atoms with E-state index in [4.69, 9.17) is 5.11 Å². The molecule has 0 aliphatic carbocycles. The molecule has 0 bridgehead atoms. The Morgan fingerprint density at radius 1 is 1.40 bits per heavy atom. The van der Waals surface area contributed by atoms with Gasteiger partial charge in [-0.15, -0.1) is 11.8 Å². The van der Waals surface area contributed by atoms with Gasteiger partial charge in [0.1, 0.15) is 6.04 Å². The van der Waals surface area contributed by atoms with Crippen molar-refractivity contribution in [3.63, 3.8) is 0 Å². The summed E-state index contributed by atoms with van der Waals surface area (Å²) in [6.07, 6.45) is 0. The van der Waals surface area contributed by atoms with Gasteiger partial charge in [-0.05, 0) is 26.0 Å². The van der Waals surface area contributed by atoms with Crippen molar-refractivity contribution in [2.24, 2.45) is 5.41 Å². The van der Waals surface area contributed by atoms with E-state index in [9.17, 15) is 9.59 Å². The predicted octanol–water partition coefficient (Wildman–Crippen LogP) is 2.70. The number of benzene rings is 1.